The van der Waals surface area contributed by atoms with Crippen molar-refractivity contribution >= 4 is 17.2 Å². The van der Waals surface area contributed by atoms with Crippen molar-refractivity contribution in [2.24, 2.45) is 0 Å². The highest BCUT2D eigenvalue weighted by molar-refractivity contribution is 7.09. The molecule has 2 heterocycles. The number of para-hydroxylation sites is 1. The average Bonchev–Trinajstić information content (AvgIpc) is 3.13. The van der Waals surface area contributed by atoms with E-state index < -0.39 is 0 Å². The maximum absolute atomic E-state index is 12.3. The Morgan fingerprint density at radius 3 is 2.85 bits per heavy atom. The second-order valence-electron chi connectivity index (χ2n) is 6.64. The molecule has 146 valence electrons. The SMILES string of the molecule is CN(Cc1csc(CN2CCOCC2)n1)C(=O)CCCOc1ccccc1. The van der Waals surface area contributed by atoms with E-state index in [4.69, 9.17) is 9.47 Å². The van der Waals surface area contributed by atoms with E-state index in [9.17, 15) is 4.79 Å². The Hall–Kier alpha value is -1.96. The van der Waals surface area contributed by atoms with Gasteiger partial charge in [0.2, 0.25) is 5.91 Å². The van der Waals surface area contributed by atoms with Gasteiger partial charge in [0.25, 0.3) is 0 Å². The van der Waals surface area contributed by atoms with Gasteiger partial charge in [0.05, 0.1) is 38.6 Å². The van der Waals surface area contributed by atoms with Gasteiger partial charge in [-0.15, -0.1) is 11.3 Å². The minimum atomic E-state index is 0.120. The van der Waals surface area contributed by atoms with Gasteiger partial charge in [0, 0.05) is 31.9 Å². The lowest BCUT2D eigenvalue weighted by Gasteiger charge is -2.25. The third-order valence-electron chi connectivity index (χ3n) is 4.43. The Morgan fingerprint density at radius 1 is 1.30 bits per heavy atom. The fourth-order valence-electron chi connectivity index (χ4n) is 2.90. The number of aromatic nitrogens is 1. The predicted molar refractivity (Wildman–Crippen MR) is 106 cm³/mol. The Bertz CT molecular complexity index is 702. The first-order valence-electron chi connectivity index (χ1n) is 9.36. The zero-order chi connectivity index (χ0) is 18.9. The van der Waals surface area contributed by atoms with E-state index >= 15 is 0 Å². The van der Waals surface area contributed by atoms with E-state index in [1.54, 1.807) is 16.2 Å². The maximum atomic E-state index is 12.3. The van der Waals surface area contributed by atoms with Gasteiger partial charge in [0.15, 0.2) is 0 Å². The van der Waals surface area contributed by atoms with Crippen LogP contribution in [-0.4, -0.2) is 60.6 Å². The molecule has 0 bridgehead atoms. The maximum Gasteiger partial charge on any atom is 0.222 e. The van der Waals surface area contributed by atoms with Crippen molar-refractivity contribution in [1.29, 1.82) is 0 Å². The number of thiazole rings is 1. The van der Waals surface area contributed by atoms with Crippen molar-refractivity contribution in [2.45, 2.75) is 25.9 Å². The quantitative estimate of drug-likeness (QED) is 0.618. The van der Waals surface area contributed by atoms with E-state index in [1.165, 1.54) is 0 Å². The van der Waals surface area contributed by atoms with Gasteiger partial charge in [-0.3, -0.25) is 9.69 Å². The number of rotatable bonds is 9. The molecule has 1 fully saturated rings. The molecule has 0 radical (unpaired) electrons. The summed E-state index contributed by atoms with van der Waals surface area (Å²) in [6.07, 6.45) is 1.19. The van der Waals surface area contributed by atoms with E-state index in [2.05, 4.69) is 15.3 Å². The van der Waals surface area contributed by atoms with Crippen LogP contribution in [0, 0.1) is 0 Å². The smallest absolute Gasteiger partial charge is 0.222 e. The molecule has 0 N–H and O–H groups in total. The Kier molecular flexibility index (Phi) is 7.62. The average molecular weight is 390 g/mol. The Labute approximate surface area is 164 Å². The summed E-state index contributed by atoms with van der Waals surface area (Å²) < 4.78 is 11.0. The molecule has 6 nitrogen and oxygen atoms in total. The van der Waals surface area contributed by atoms with Crippen LogP contribution in [0.25, 0.3) is 0 Å². The van der Waals surface area contributed by atoms with E-state index in [1.807, 2.05) is 37.4 Å². The van der Waals surface area contributed by atoms with Crippen molar-refractivity contribution in [3.8, 4) is 5.75 Å². The van der Waals surface area contributed by atoms with Crippen molar-refractivity contribution in [2.75, 3.05) is 40.0 Å². The van der Waals surface area contributed by atoms with Crippen molar-refractivity contribution in [3.05, 3.63) is 46.4 Å². The number of benzene rings is 1. The number of nitrogens with zero attached hydrogens (tertiary/aromatic N) is 3. The van der Waals surface area contributed by atoms with Crippen LogP contribution >= 0.6 is 11.3 Å². The third-order valence-corrected chi connectivity index (χ3v) is 5.32. The third kappa shape index (κ3) is 6.61. The fourth-order valence-corrected chi connectivity index (χ4v) is 3.72. The highest BCUT2D eigenvalue weighted by atomic mass is 32.1. The first-order chi connectivity index (χ1) is 13.2. The molecule has 0 saturated carbocycles. The molecule has 0 atom stereocenters. The van der Waals surface area contributed by atoms with Crippen LogP contribution in [-0.2, 0) is 22.6 Å². The molecule has 1 amide bonds. The molecule has 1 aliphatic heterocycles. The highest BCUT2D eigenvalue weighted by Crippen LogP contribution is 2.15. The van der Waals surface area contributed by atoms with Crippen LogP contribution in [0.15, 0.2) is 35.7 Å². The van der Waals surface area contributed by atoms with Gasteiger partial charge < -0.3 is 14.4 Å². The summed E-state index contributed by atoms with van der Waals surface area (Å²) in [5.74, 6) is 0.961. The Balaban J connectivity index is 1.36. The van der Waals surface area contributed by atoms with Gasteiger partial charge in [-0.2, -0.15) is 0 Å². The van der Waals surface area contributed by atoms with Crippen molar-refractivity contribution < 1.29 is 14.3 Å². The molecule has 7 heteroatoms. The van der Waals surface area contributed by atoms with Gasteiger partial charge in [0.1, 0.15) is 10.8 Å². The molecule has 0 aliphatic carbocycles. The molecular weight excluding hydrogens is 362 g/mol. The van der Waals surface area contributed by atoms with E-state index in [-0.39, 0.29) is 5.91 Å². The van der Waals surface area contributed by atoms with Gasteiger partial charge >= 0.3 is 0 Å². The first-order valence-corrected chi connectivity index (χ1v) is 10.2. The second kappa shape index (κ2) is 10.4. The molecular formula is C20H27N3O3S. The molecule has 1 aromatic carbocycles. The number of hydrogen-bond donors (Lipinski definition) is 0. The molecule has 0 unspecified atom stereocenters. The lowest BCUT2D eigenvalue weighted by molar-refractivity contribution is -0.130. The molecule has 1 aromatic heterocycles. The van der Waals surface area contributed by atoms with Crippen LogP contribution in [0.1, 0.15) is 23.5 Å². The number of amides is 1. The topological polar surface area (TPSA) is 54.9 Å². The number of ether oxygens (including phenoxy) is 2. The van der Waals surface area contributed by atoms with Gasteiger partial charge in [-0.1, -0.05) is 18.2 Å². The first kappa shape index (κ1) is 19.8. The minimum Gasteiger partial charge on any atom is -0.494 e. The molecule has 1 saturated heterocycles. The molecule has 0 spiro atoms. The van der Waals surface area contributed by atoms with Crippen molar-refractivity contribution in [3.63, 3.8) is 0 Å². The molecule has 1 aliphatic rings. The number of carbonyl (C=O) groups is 1. The van der Waals surface area contributed by atoms with Crippen LogP contribution in [0.5, 0.6) is 5.75 Å². The zero-order valence-corrected chi connectivity index (χ0v) is 16.6. The Morgan fingerprint density at radius 2 is 2.07 bits per heavy atom. The minimum absolute atomic E-state index is 0.120. The van der Waals surface area contributed by atoms with Crippen LogP contribution < -0.4 is 4.74 Å². The summed E-state index contributed by atoms with van der Waals surface area (Å²) in [4.78, 5) is 21.1. The molecule has 3 rings (SSSR count). The summed E-state index contributed by atoms with van der Waals surface area (Å²) in [6, 6.07) is 9.68. The normalized spacial score (nSPS) is 14.9. The van der Waals surface area contributed by atoms with Crippen molar-refractivity contribution in [1.82, 2.24) is 14.8 Å². The van der Waals surface area contributed by atoms with Gasteiger partial charge in [-0.25, -0.2) is 4.98 Å². The van der Waals surface area contributed by atoms with Crippen LogP contribution in [0.3, 0.4) is 0 Å². The number of morpholine rings is 1. The lowest BCUT2D eigenvalue weighted by atomic mass is 10.3. The number of carbonyl (C=O) groups excluding carboxylic acids is 1. The summed E-state index contributed by atoms with van der Waals surface area (Å²) in [7, 11) is 1.83. The van der Waals surface area contributed by atoms with E-state index in [0.29, 0.717) is 26.0 Å². The standard InChI is InChI=1S/C20H27N3O3S/c1-22(20(24)8-5-11-26-18-6-3-2-4-7-18)14-17-16-27-19(21-17)15-23-9-12-25-13-10-23/h2-4,6-7,16H,5,8-15H2,1H3. The summed E-state index contributed by atoms with van der Waals surface area (Å²) in [5, 5.41) is 3.15. The summed E-state index contributed by atoms with van der Waals surface area (Å²) in [5.41, 5.74) is 0.958. The van der Waals surface area contributed by atoms with Crippen LogP contribution in [0.2, 0.25) is 0 Å². The fraction of sp³-hybridized carbons (Fsp3) is 0.500. The van der Waals surface area contributed by atoms with Gasteiger partial charge in [-0.05, 0) is 18.6 Å². The van der Waals surface area contributed by atoms with E-state index in [0.717, 1.165) is 49.3 Å². The van der Waals surface area contributed by atoms with Crippen LogP contribution in [0.4, 0.5) is 0 Å². The second-order valence-corrected chi connectivity index (χ2v) is 7.58. The summed E-state index contributed by atoms with van der Waals surface area (Å²) >= 11 is 1.66. The predicted octanol–water partition coefficient (Wildman–Crippen LogP) is 2.79. The largest absolute Gasteiger partial charge is 0.494 e. The number of hydrogen-bond acceptors (Lipinski definition) is 6. The highest BCUT2D eigenvalue weighted by Gasteiger charge is 2.15. The summed E-state index contributed by atoms with van der Waals surface area (Å²) in [6.45, 7) is 5.47. The monoisotopic (exact) mass is 389 g/mol. The zero-order valence-electron chi connectivity index (χ0n) is 15.8. The molecule has 27 heavy (non-hydrogen) atoms. The lowest BCUT2D eigenvalue weighted by Crippen LogP contribution is -2.35. The molecule has 2 aromatic rings.